The molecule has 2 fully saturated rings. The van der Waals surface area contributed by atoms with Gasteiger partial charge in [0.15, 0.2) is 0 Å². The fourth-order valence-electron chi connectivity index (χ4n) is 3.55. The second kappa shape index (κ2) is 7.32. The highest BCUT2D eigenvalue weighted by atomic mass is 35.5. The van der Waals surface area contributed by atoms with E-state index in [1.165, 1.54) is 0 Å². The van der Waals surface area contributed by atoms with Crippen molar-refractivity contribution in [1.82, 2.24) is 15.1 Å². The van der Waals surface area contributed by atoms with Crippen molar-refractivity contribution in [3.63, 3.8) is 0 Å². The van der Waals surface area contributed by atoms with E-state index in [9.17, 15) is 9.59 Å². The first-order valence-corrected chi connectivity index (χ1v) is 8.89. The Labute approximate surface area is 153 Å². The first-order chi connectivity index (χ1) is 11.9. The maximum Gasteiger partial charge on any atom is 0.239 e. The fourth-order valence-corrected chi connectivity index (χ4v) is 3.78. The van der Waals surface area contributed by atoms with E-state index in [1.807, 2.05) is 41.1 Å². The molecule has 1 aromatic rings. The summed E-state index contributed by atoms with van der Waals surface area (Å²) in [7, 11) is 3.55. The van der Waals surface area contributed by atoms with E-state index in [1.54, 1.807) is 7.05 Å². The molecule has 1 aromatic carbocycles. The number of likely N-dealkylation sites (tertiary alicyclic amines) is 1. The van der Waals surface area contributed by atoms with Crippen LogP contribution < -0.4 is 5.32 Å². The fraction of sp³-hybridized carbons (Fsp3) is 0.556. The van der Waals surface area contributed by atoms with Crippen molar-refractivity contribution in [3.8, 4) is 0 Å². The molecule has 1 N–H and O–H groups in total. The van der Waals surface area contributed by atoms with Crippen molar-refractivity contribution in [2.75, 3.05) is 40.3 Å². The molecule has 6 nitrogen and oxygen atoms in total. The van der Waals surface area contributed by atoms with Crippen LogP contribution in [0, 0.1) is 0 Å². The Kier molecular flexibility index (Phi) is 5.32. The zero-order chi connectivity index (χ0) is 18.0. The minimum Gasteiger partial charge on any atom is -0.368 e. The van der Waals surface area contributed by atoms with E-state index >= 15 is 0 Å². The maximum absolute atomic E-state index is 12.4. The predicted octanol–water partition coefficient (Wildman–Crippen LogP) is 0.930. The summed E-state index contributed by atoms with van der Waals surface area (Å²) in [6, 6.07) is 7.34. The van der Waals surface area contributed by atoms with Gasteiger partial charge in [0, 0.05) is 25.0 Å². The van der Waals surface area contributed by atoms with Gasteiger partial charge in [0.2, 0.25) is 11.8 Å². The lowest BCUT2D eigenvalue weighted by atomic mass is 9.90. The van der Waals surface area contributed by atoms with E-state index in [0.717, 1.165) is 5.56 Å². The number of aryl methyl sites for hydroxylation is 1. The first kappa shape index (κ1) is 18.2. The summed E-state index contributed by atoms with van der Waals surface area (Å²) < 4.78 is 5.95. The number of rotatable bonds is 4. The average molecular weight is 366 g/mol. The van der Waals surface area contributed by atoms with E-state index in [0.29, 0.717) is 44.1 Å². The van der Waals surface area contributed by atoms with Gasteiger partial charge in [-0.05, 0) is 25.1 Å². The molecule has 0 radical (unpaired) electrons. The van der Waals surface area contributed by atoms with Crippen LogP contribution in [0.15, 0.2) is 24.3 Å². The molecule has 1 atom stereocenters. The molecule has 2 amide bonds. The number of carbonyl (C=O) groups excluding carboxylic acids is 2. The maximum atomic E-state index is 12.4. The largest absolute Gasteiger partial charge is 0.368 e. The van der Waals surface area contributed by atoms with Gasteiger partial charge in [0.05, 0.1) is 19.7 Å². The minimum absolute atomic E-state index is 0.0376. The van der Waals surface area contributed by atoms with Crippen LogP contribution in [-0.2, 0) is 20.7 Å². The lowest BCUT2D eigenvalue weighted by molar-refractivity contribution is -0.201. The summed E-state index contributed by atoms with van der Waals surface area (Å²) in [5.41, 5.74) is 0.661. The van der Waals surface area contributed by atoms with Crippen LogP contribution in [-0.4, -0.2) is 73.6 Å². The first-order valence-electron chi connectivity index (χ1n) is 8.51. The summed E-state index contributed by atoms with van der Waals surface area (Å²) in [4.78, 5) is 28.0. The number of hydrogen-bond donors (Lipinski definition) is 1. The molecule has 2 aliphatic rings. The molecule has 0 aromatic heterocycles. The van der Waals surface area contributed by atoms with E-state index in [-0.39, 0.29) is 23.5 Å². The standard InChI is InChI=1S/C18H24ClN3O3/c1-20-17(24)15-9-25-18(10-21(15)2)11-22(12-18)16(23)8-7-13-5-3-4-6-14(13)19/h3-6,15H,7-12H2,1-2H3,(H,20,24)/t15-/m0/s1. The monoisotopic (exact) mass is 365 g/mol. The summed E-state index contributed by atoms with van der Waals surface area (Å²) in [5, 5.41) is 3.36. The Hall–Kier alpha value is -1.63. The number of carbonyl (C=O) groups is 2. The highest BCUT2D eigenvalue weighted by Crippen LogP contribution is 2.31. The topological polar surface area (TPSA) is 61.9 Å². The molecule has 25 heavy (non-hydrogen) atoms. The summed E-state index contributed by atoms with van der Waals surface area (Å²) in [5.74, 6) is 0.0783. The Morgan fingerprint density at radius 2 is 2.04 bits per heavy atom. The lowest BCUT2D eigenvalue weighted by Crippen LogP contribution is -2.73. The van der Waals surface area contributed by atoms with Crippen LogP contribution >= 0.6 is 11.6 Å². The van der Waals surface area contributed by atoms with Crippen LogP contribution in [0.2, 0.25) is 5.02 Å². The van der Waals surface area contributed by atoms with Crippen molar-refractivity contribution < 1.29 is 14.3 Å². The van der Waals surface area contributed by atoms with Gasteiger partial charge in [-0.25, -0.2) is 0 Å². The Morgan fingerprint density at radius 1 is 1.32 bits per heavy atom. The van der Waals surface area contributed by atoms with E-state index in [2.05, 4.69) is 5.32 Å². The number of nitrogens with one attached hydrogen (secondary N) is 1. The Balaban J connectivity index is 1.48. The van der Waals surface area contributed by atoms with Gasteiger partial charge in [-0.15, -0.1) is 0 Å². The summed E-state index contributed by atoms with van der Waals surface area (Å²) >= 11 is 6.14. The molecule has 2 saturated heterocycles. The van der Waals surface area contributed by atoms with Crippen LogP contribution in [0.25, 0.3) is 0 Å². The van der Waals surface area contributed by atoms with Crippen molar-refractivity contribution in [3.05, 3.63) is 34.9 Å². The zero-order valence-electron chi connectivity index (χ0n) is 14.6. The second-order valence-electron chi connectivity index (χ2n) is 6.88. The van der Waals surface area contributed by atoms with Crippen molar-refractivity contribution in [2.45, 2.75) is 24.5 Å². The van der Waals surface area contributed by atoms with Gasteiger partial charge < -0.3 is 15.0 Å². The second-order valence-corrected chi connectivity index (χ2v) is 7.29. The molecular weight excluding hydrogens is 342 g/mol. The quantitative estimate of drug-likeness (QED) is 0.862. The van der Waals surface area contributed by atoms with Gasteiger partial charge in [-0.3, -0.25) is 14.5 Å². The third kappa shape index (κ3) is 3.81. The Bertz CT molecular complexity index is 661. The lowest BCUT2D eigenvalue weighted by Gasteiger charge is -2.54. The average Bonchev–Trinajstić information content (AvgIpc) is 2.58. The molecule has 2 heterocycles. The van der Waals surface area contributed by atoms with Gasteiger partial charge in [0.25, 0.3) is 0 Å². The van der Waals surface area contributed by atoms with Crippen molar-refractivity contribution in [1.29, 1.82) is 0 Å². The molecule has 3 rings (SSSR count). The SMILES string of the molecule is CNC(=O)[C@@H]1COC2(CN(C(=O)CCc3ccccc3Cl)C2)CN1C. The number of likely N-dealkylation sites (N-methyl/N-ethyl adjacent to an activating group) is 2. The third-order valence-electron chi connectivity index (χ3n) is 5.04. The predicted molar refractivity (Wildman–Crippen MR) is 95.5 cm³/mol. The highest BCUT2D eigenvalue weighted by molar-refractivity contribution is 6.31. The summed E-state index contributed by atoms with van der Waals surface area (Å²) in [6.45, 7) is 2.18. The molecular formula is C18H24ClN3O3. The highest BCUT2D eigenvalue weighted by Gasteiger charge is 2.50. The van der Waals surface area contributed by atoms with E-state index in [4.69, 9.17) is 16.3 Å². The molecule has 0 unspecified atom stereocenters. The van der Waals surface area contributed by atoms with E-state index < -0.39 is 0 Å². The van der Waals surface area contributed by atoms with Gasteiger partial charge in [0.1, 0.15) is 11.6 Å². The third-order valence-corrected chi connectivity index (χ3v) is 5.41. The number of hydrogen-bond acceptors (Lipinski definition) is 4. The molecule has 7 heteroatoms. The van der Waals surface area contributed by atoms with Crippen LogP contribution in [0.3, 0.4) is 0 Å². The molecule has 0 saturated carbocycles. The smallest absolute Gasteiger partial charge is 0.239 e. The minimum atomic E-state index is -0.334. The number of benzene rings is 1. The van der Waals surface area contributed by atoms with Crippen LogP contribution in [0.4, 0.5) is 0 Å². The number of morpholine rings is 1. The van der Waals surface area contributed by atoms with Crippen molar-refractivity contribution >= 4 is 23.4 Å². The number of halogens is 1. The molecule has 0 aliphatic carbocycles. The molecule has 136 valence electrons. The molecule has 0 bridgehead atoms. The van der Waals surface area contributed by atoms with Gasteiger partial charge in [-0.1, -0.05) is 29.8 Å². The van der Waals surface area contributed by atoms with Crippen molar-refractivity contribution in [2.24, 2.45) is 0 Å². The summed E-state index contributed by atoms with van der Waals surface area (Å²) in [6.07, 6.45) is 1.08. The molecule has 2 aliphatic heterocycles. The normalized spacial score (nSPS) is 22.5. The van der Waals surface area contributed by atoms with Crippen LogP contribution in [0.1, 0.15) is 12.0 Å². The Morgan fingerprint density at radius 3 is 2.68 bits per heavy atom. The van der Waals surface area contributed by atoms with Gasteiger partial charge >= 0.3 is 0 Å². The number of nitrogens with zero attached hydrogens (tertiary/aromatic N) is 2. The molecule has 1 spiro atoms. The van der Waals surface area contributed by atoms with Gasteiger partial charge in [-0.2, -0.15) is 0 Å². The van der Waals surface area contributed by atoms with Crippen LogP contribution in [0.5, 0.6) is 0 Å². The zero-order valence-corrected chi connectivity index (χ0v) is 15.4. The number of ether oxygens (including phenoxy) is 1. The number of amides is 2.